The van der Waals surface area contributed by atoms with Gasteiger partial charge in [0, 0.05) is 33.3 Å². The van der Waals surface area contributed by atoms with Gasteiger partial charge >= 0.3 is 0 Å². The molecule has 0 aromatic heterocycles. The van der Waals surface area contributed by atoms with Crippen molar-refractivity contribution in [3.05, 3.63) is 0 Å². The van der Waals surface area contributed by atoms with Crippen LogP contribution in [0.25, 0.3) is 0 Å². The Morgan fingerprint density at radius 1 is 1.32 bits per heavy atom. The van der Waals surface area contributed by atoms with E-state index in [0.29, 0.717) is 12.5 Å². The Morgan fingerprint density at radius 2 is 2.00 bits per heavy atom. The van der Waals surface area contributed by atoms with Gasteiger partial charge < -0.3 is 20.3 Å². The highest BCUT2D eigenvalue weighted by Gasteiger charge is 2.15. The lowest BCUT2D eigenvalue weighted by molar-refractivity contribution is 0.179. The molecule has 0 amide bonds. The molecule has 2 N–H and O–H groups in total. The number of hydrogen-bond acceptors (Lipinski definition) is 3. The van der Waals surface area contributed by atoms with Crippen LogP contribution < -0.4 is 10.6 Å². The number of rotatable bonds is 7. The van der Waals surface area contributed by atoms with Gasteiger partial charge in [0.25, 0.3) is 0 Å². The second-order valence-corrected chi connectivity index (χ2v) is 5.57. The predicted molar refractivity (Wildman–Crippen MR) is 80.7 cm³/mol. The van der Waals surface area contributed by atoms with E-state index in [4.69, 9.17) is 4.74 Å². The molecule has 2 unspecified atom stereocenters. The zero-order valence-electron chi connectivity index (χ0n) is 12.9. The fourth-order valence-electron chi connectivity index (χ4n) is 2.46. The second-order valence-electron chi connectivity index (χ2n) is 5.57. The molecule has 0 saturated carbocycles. The quantitative estimate of drug-likeness (QED) is 0.533. The van der Waals surface area contributed by atoms with Crippen LogP contribution in [0.1, 0.15) is 26.7 Å². The Bertz CT molecular complexity index is 264. The van der Waals surface area contributed by atoms with Crippen LogP contribution in [0.4, 0.5) is 0 Å². The summed E-state index contributed by atoms with van der Waals surface area (Å²) in [5.74, 6) is 1.49. The molecule has 112 valence electrons. The molecule has 0 radical (unpaired) electrons. The number of likely N-dealkylation sites (tertiary alicyclic amines) is 1. The van der Waals surface area contributed by atoms with Crippen LogP contribution in [-0.2, 0) is 4.74 Å². The Kier molecular flexibility index (Phi) is 7.82. The van der Waals surface area contributed by atoms with E-state index in [0.717, 1.165) is 12.5 Å². The normalized spacial score (nSPS) is 20.3. The van der Waals surface area contributed by atoms with E-state index in [2.05, 4.69) is 34.4 Å². The van der Waals surface area contributed by atoms with Crippen LogP contribution in [0.3, 0.4) is 0 Å². The summed E-state index contributed by atoms with van der Waals surface area (Å²) in [5, 5.41) is 6.71. The average Bonchev–Trinajstić information content (AvgIpc) is 2.87. The summed E-state index contributed by atoms with van der Waals surface area (Å²) in [4.78, 5) is 6.79. The summed E-state index contributed by atoms with van der Waals surface area (Å²) in [6.07, 6.45) is 2.72. The molecule has 1 heterocycles. The van der Waals surface area contributed by atoms with Crippen molar-refractivity contribution in [3.8, 4) is 0 Å². The molecule has 0 spiro atoms. The summed E-state index contributed by atoms with van der Waals surface area (Å²) in [7, 11) is 3.52. The van der Waals surface area contributed by atoms with Crippen molar-refractivity contribution in [2.24, 2.45) is 10.9 Å². The second kappa shape index (κ2) is 9.15. The summed E-state index contributed by atoms with van der Waals surface area (Å²) < 4.78 is 5.11. The number of nitrogens with one attached hydrogen (secondary N) is 2. The van der Waals surface area contributed by atoms with Gasteiger partial charge in [0.15, 0.2) is 5.96 Å². The minimum atomic E-state index is 0.269. The first kappa shape index (κ1) is 16.2. The number of ether oxygens (including phenoxy) is 1. The van der Waals surface area contributed by atoms with Gasteiger partial charge in [-0.2, -0.15) is 0 Å². The first-order valence-electron chi connectivity index (χ1n) is 7.34. The predicted octanol–water partition coefficient (Wildman–Crippen LogP) is 0.918. The Morgan fingerprint density at radius 3 is 2.58 bits per heavy atom. The number of hydrogen-bond donors (Lipinski definition) is 2. The zero-order chi connectivity index (χ0) is 14.1. The van der Waals surface area contributed by atoms with Gasteiger partial charge in [-0.15, -0.1) is 0 Å². The monoisotopic (exact) mass is 270 g/mol. The van der Waals surface area contributed by atoms with Gasteiger partial charge in [0.05, 0.1) is 6.61 Å². The molecule has 0 aromatic carbocycles. The number of nitrogens with zero attached hydrogens (tertiary/aromatic N) is 2. The van der Waals surface area contributed by atoms with E-state index in [9.17, 15) is 0 Å². The van der Waals surface area contributed by atoms with E-state index in [-0.39, 0.29) is 6.04 Å². The Hall–Kier alpha value is -0.810. The third-order valence-electron chi connectivity index (χ3n) is 3.41. The van der Waals surface area contributed by atoms with Crippen molar-refractivity contribution >= 4 is 5.96 Å². The summed E-state index contributed by atoms with van der Waals surface area (Å²) in [6.45, 7) is 9.73. The van der Waals surface area contributed by atoms with Crippen molar-refractivity contribution in [3.63, 3.8) is 0 Å². The molecule has 0 bridgehead atoms. The van der Waals surface area contributed by atoms with Crippen molar-refractivity contribution in [1.82, 2.24) is 15.5 Å². The van der Waals surface area contributed by atoms with Crippen LogP contribution in [0.15, 0.2) is 4.99 Å². The molecule has 1 aliphatic rings. The van der Waals surface area contributed by atoms with Gasteiger partial charge in [0.1, 0.15) is 0 Å². The van der Waals surface area contributed by atoms with Crippen LogP contribution >= 0.6 is 0 Å². The van der Waals surface area contributed by atoms with Gasteiger partial charge in [-0.3, -0.25) is 4.99 Å². The maximum Gasteiger partial charge on any atom is 0.191 e. The zero-order valence-corrected chi connectivity index (χ0v) is 12.9. The van der Waals surface area contributed by atoms with Crippen molar-refractivity contribution in [1.29, 1.82) is 0 Å². The third-order valence-corrected chi connectivity index (χ3v) is 3.41. The summed E-state index contributed by atoms with van der Waals surface area (Å²) in [5.41, 5.74) is 0. The van der Waals surface area contributed by atoms with Crippen LogP contribution in [0, 0.1) is 5.92 Å². The molecule has 5 heteroatoms. The largest absolute Gasteiger partial charge is 0.383 e. The SMILES string of the molecule is CN=C(NCC(C)CN1CCCC1)NC(C)COC. The van der Waals surface area contributed by atoms with Gasteiger partial charge in [0.2, 0.25) is 0 Å². The van der Waals surface area contributed by atoms with Gasteiger partial charge in [-0.05, 0) is 38.8 Å². The molecule has 5 nitrogen and oxygen atoms in total. The highest BCUT2D eigenvalue weighted by Crippen LogP contribution is 2.09. The molecule has 1 aliphatic heterocycles. The first-order valence-corrected chi connectivity index (χ1v) is 7.34. The number of methoxy groups -OCH3 is 1. The van der Waals surface area contributed by atoms with Crippen molar-refractivity contribution in [2.75, 3.05) is 46.9 Å². The highest BCUT2D eigenvalue weighted by molar-refractivity contribution is 5.79. The molecule has 2 atom stereocenters. The van der Waals surface area contributed by atoms with Crippen LogP contribution in [-0.4, -0.2) is 63.8 Å². The standard InChI is InChI=1S/C14H30N4O/c1-12(10-18-7-5-6-8-18)9-16-14(15-3)17-13(2)11-19-4/h12-13H,5-11H2,1-4H3,(H2,15,16,17). The van der Waals surface area contributed by atoms with Gasteiger partial charge in [-0.25, -0.2) is 0 Å². The van der Waals surface area contributed by atoms with E-state index in [1.165, 1.54) is 32.5 Å². The lowest BCUT2D eigenvalue weighted by Gasteiger charge is -2.22. The lowest BCUT2D eigenvalue weighted by Crippen LogP contribution is -2.46. The number of guanidine groups is 1. The van der Waals surface area contributed by atoms with E-state index in [1.54, 1.807) is 14.2 Å². The van der Waals surface area contributed by atoms with Gasteiger partial charge in [-0.1, -0.05) is 6.92 Å². The maximum atomic E-state index is 5.11. The smallest absolute Gasteiger partial charge is 0.191 e. The third kappa shape index (κ3) is 6.78. The lowest BCUT2D eigenvalue weighted by atomic mass is 10.1. The molecular weight excluding hydrogens is 240 g/mol. The molecule has 0 aromatic rings. The minimum absolute atomic E-state index is 0.269. The van der Waals surface area contributed by atoms with E-state index < -0.39 is 0 Å². The fraction of sp³-hybridized carbons (Fsp3) is 0.929. The van der Waals surface area contributed by atoms with E-state index in [1.807, 2.05) is 0 Å². The molecular formula is C14H30N4O. The summed E-state index contributed by atoms with van der Waals surface area (Å²) in [6, 6.07) is 0.269. The minimum Gasteiger partial charge on any atom is -0.383 e. The average molecular weight is 270 g/mol. The molecule has 1 saturated heterocycles. The number of aliphatic imine (C=N–C) groups is 1. The van der Waals surface area contributed by atoms with Crippen molar-refractivity contribution < 1.29 is 4.74 Å². The Balaban J connectivity index is 2.20. The maximum absolute atomic E-state index is 5.11. The molecule has 19 heavy (non-hydrogen) atoms. The molecule has 1 rings (SSSR count). The van der Waals surface area contributed by atoms with Crippen LogP contribution in [0.2, 0.25) is 0 Å². The fourth-order valence-corrected chi connectivity index (χ4v) is 2.46. The van der Waals surface area contributed by atoms with Crippen molar-refractivity contribution in [2.45, 2.75) is 32.7 Å². The molecule has 1 fully saturated rings. The first-order chi connectivity index (χ1) is 9.15. The topological polar surface area (TPSA) is 48.9 Å². The highest BCUT2D eigenvalue weighted by atomic mass is 16.5. The summed E-state index contributed by atoms with van der Waals surface area (Å²) >= 11 is 0. The van der Waals surface area contributed by atoms with E-state index >= 15 is 0 Å². The Labute approximate surface area is 117 Å². The van der Waals surface area contributed by atoms with Crippen LogP contribution in [0.5, 0.6) is 0 Å². The molecule has 0 aliphatic carbocycles.